The van der Waals surface area contributed by atoms with Crippen LogP contribution in [-0.2, 0) is 0 Å². The SMILES string of the molecule is CCC1CN(c2nnccc2C#N)C(CC)CN1. The number of anilines is 1. The maximum Gasteiger partial charge on any atom is 0.169 e. The van der Waals surface area contributed by atoms with Gasteiger partial charge in [-0.2, -0.15) is 10.4 Å². The van der Waals surface area contributed by atoms with Crippen LogP contribution < -0.4 is 10.2 Å². The van der Waals surface area contributed by atoms with Crippen molar-refractivity contribution in [3.8, 4) is 6.07 Å². The van der Waals surface area contributed by atoms with E-state index < -0.39 is 0 Å². The summed E-state index contributed by atoms with van der Waals surface area (Å²) in [5.41, 5.74) is 0.611. The summed E-state index contributed by atoms with van der Waals surface area (Å²) in [4.78, 5) is 2.23. The average Bonchev–Trinajstić information content (AvgIpc) is 2.46. The van der Waals surface area contributed by atoms with Gasteiger partial charge in [-0.1, -0.05) is 13.8 Å². The van der Waals surface area contributed by atoms with Gasteiger partial charge in [0.1, 0.15) is 6.07 Å². The van der Waals surface area contributed by atoms with E-state index in [1.165, 1.54) is 0 Å². The molecule has 18 heavy (non-hydrogen) atoms. The van der Waals surface area contributed by atoms with Crippen molar-refractivity contribution >= 4 is 5.82 Å². The average molecular weight is 245 g/mol. The first kappa shape index (κ1) is 12.8. The Balaban J connectivity index is 2.30. The molecule has 5 nitrogen and oxygen atoms in total. The number of nitrogens with zero attached hydrogens (tertiary/aromatic N) is 4. The molecular weight excluding hydrogens is 226 g/mol. The molecule has 2 rings (SSSR count). The molecule has 2 unspecified atom stereocenters. The first-order chi connectivity index (χ1) is 8.80. The first-order valence-corrected chi connectivity index (χ1v) is 6.51. The van der Waals surface area contributed by atoms with Gasteiger partial charge in [-0.15, -0.1) is 5.10 Å². The maximum atomic E-state index is 9.17. The van der Waals surface area contributed by atoms with Crippen LogP contribution in [0.15, 0.2) is 12.3 Å². The molecule has 1 aromatic heterocycles. The molecule has 0 amide bonds. The predicted molar refractivity (Wildman–Crippen MR) is 70.3 cm³/mol. The monoisotopic (exact) mass is 245 g/mol. The molecule has 2 heterocycles. The lowest BCUT2D eigenvalue weighted by Gasteiger charge is -2.40. The Morgan fingerprint density at radius 2 is 2.33 bits per heavy atom. The molecule has 0 radical (unpaired) electrons. The Morgan fingerprint density at radius 1 is 1.50 bits per heavy atom. The Morgan fingerprint density at radius 3 is 3.00 bits per heavy atom. The van der Waals surface area contributed by atoms with Gasteiger partial charge < -0.3 is 10.2 Å². The first-order valence-electron chi connectivity index (χ1n) is 6.51. The van der Waals surface area contributed by atoms with Crippen molar-refractivity contribution in [1.82, 2.24) is 15.5 Å². The minimum atomic E-state index is 0.386. The highest BCUT2D eigenvalue weighted by Crippen LogP contribution is 2.22. The van der Waals surface area contributed by atoms with Crippen LogP contribution in [0.1, 0.15) is 32.3 Å². The summed E-state index contributed by atoms with van der Waals surface area (Å²) >= 11 is 0. The van der Waals surface area contributed by atoms with Gasteiger partial charge in [0.2, 0.25) is 0 Å². The molecule has 96 valence electrons. The van der Waals surface area contributed by atoms with Gasteiger partial charge in [0.05, 0.1) is 11.8 Å². The lowest BCUT2D eigenvalue weighted by molar-refractivity contribution is 0.376. The summed E-state index contributed by atoms with van der Waals surface area (Å²) in [5, 5.41) is 20.8. The maximum absolute atomic E-state index is 9.17. The van der Waals surface area contributed by atoms with E-state index >= 15 is 0 Å². The molecule has 1 fully saturated rings. The van der Waals surface area contributed by atoms with Crippen molar-refractivity contribution in [1.29, 1.82) is 5.26 Å². The number of nitrogens with one attached hydrogen (secondary N) is 1. The van der Waals surface area contributed by atoms with E-state index in [9.17, 15) is 5.26 Å². The van der Waals surface area contributed by atoms with E-state index in [1.807, 2.05) is 0 Å². The van der Waals surface area contributed by atoms with E-state index in [1.54, 1.807) is 12.3 Å². The Labute approximate surface area is 108 Å². The van der Waals surface area contributed by atoms with Crippen molar-refractivity contribution in [2.45, 2.75) is 38.8 Å². The fraction of sp³-hybridized carbons (Fsp3) is 0.615. The predicted octanol–water partition coefficient (Wildman–Crippen LogP) is 1.32. The Bertz CT molecular complexity index is 439. The molecule has 0 bridgehead atoms. The number of hydrogen-bond donors (Lipinski definition) is 1. The molecule has 5 heteroatoms. The van der Waals surface area contributed by atoms with Gasteiger partial charge >= 0.3 is 0 Å². The van der Waals surface area contributed by atoms with Crippen LogP contribution in [0.5, 0.6) is 0 Å². The van der Waals surface area contributed by atoms with Crippen molar-refractivity contribution in [2.24, 2.45) is 0 Å². The van der Waals surface area contributed by atoms with E-state index in [0.29, 0.717) is 17.6 Å². The summed E-state index contributed by atoms with van der Waals surface area (Å²) in [6.07, 6.45) is 3.68. The van der Waals surface area contributed by atoms with Crippen molar-refractivity contribution in [2.75, 3.05) is 18.0 Å². The molecule has 1 aliphatic heterocycles. The summed E-state index contributed by atoms with van der Waals surface area (Å²) in [6.45, 7) is 6.16. The number of piperazine rings is 1. The third-order valence-electron chi connectivity index (χ3n) is 3.56. The second-order valence-electron chi connectivity index (χ2n) is 4.61. The smallest absolute Gasteiger partial charge is 0.169 e. The van der Waals surface area contributed by atoms with E-state index in [0.717, 1.165) is 31.7 Å². The molecule has 1 saturated heterocycles. The fourth-order valence-electron chi connectivity index (χ4n) is 2.39. The van der Waals surface area contributed by atoms with E-state index in [4.69, 9.17) is 0 Å². The molecule has 1 N–H and O–H groups in total. The van der Waals surface area contributed by atoms with Gasteiger partial charge in [0.15, 0.2) is 5.82 Å². The molecule has 0 spiro atoms. The van der Waals surface area contributed by atoms with Crippen LogP contribution in [0.4, 0.5) is 5.82 Å². The van der Waals surface area contributed by atoms with E-state index in [2.05, 4.69) is 40.3 Å². The van der Waals surface area contributed by atoms with Gasteiger partial charge in [0.25, 0.3) is 0 Å². The molecule has 2 atom stereocenters. The molecule has 0 aliphatic carbocycles. The highest BCUT2D eigenvalue weighted by Gasteiger charge is 2.28. The van der Waals surface area contributed by atoms with Gasteiger partial charge in [-0.25, -0.2) is 0 Å². The Hall–Kier alpha value is -1.67. The molecule has 1 aromatic rings. The fourth-order valence-corrected chi connectivity index (χ4v) is 2.39. The second kappa shape index (κ2) is 5.78. The number of aromatic nitrogens is 2. The van der Waals surface area contributed by atoms with Crippen LogP contribution in [0.25, 0.3) is 0 Å². The largest absolute Gasteiger partial charge is 0.348 e. The zero-order valence-electron chi connectivity index (χ0n) is 10.9. The van der Waals surface area contributed by atoms with Crippen LogP contribution in [-0.4, -0.2) is 35.4 Å². The summed E-state index contributed by atoms with van der Waals surface area (Å²) < 4.78 is 0. The summed E-state index contributed by atoms with van der Waals surface area (Å²) in [6, 6.07) is 4.79. The third-order valence-corrected chi connectivity index (χ3v) is 3.56. The Kier molecular flexibility index (Phi) is 4.11. The minimum absolute atomic E-state index is 0.386. The van der Waals surface area contributed by atoms with Crippen molar-refractivity contribution in [3.05, 3.63) is 17.8 Å². The summed E-state index contributed by atoms with van der Waals surface area (Å²) in [7, 11) is 0. The number of rotatable bonds is 3. The third kappa shape index (κ3) is 2.44. The van der Waals surface area contributed by atoms with Crippen LogP contribution in [0.2, 0.25) is 0 Å². The number of nitriles is 1. The van der Waals surface area contributed by atoms with Gasteiger partial charge in [-0.3, -0.25) is 0 Å². The molecule has 0 saturated carbocycles. The summed E-state index contributed by atoms with van der Waals surface area (Å²) in [5.74, 6) is 0.729. The van der Waals surface area contributed by atoms with Crippen molar-refractivity contribution < 1.29 is 0 Å². The van der Waals surface area contributed by atoms with Gasteiger partial charge in [-0.05, 0) is 18.9 Å². The van der Waals surface area contributed by atoms with Crippen LogP contribution in [0, 0.1) is 11.3 Å². The molecule has 0 aromatic carbocycles. The molecular formula is C13H19N5. The zero-order valence-corrected chi connectivity index (χ0v) is 10.9. The highest BCUT2D eigenvalue weighted by atomic mass is 15.3. The van der Waals surface area contributed by atoms with Crippen molar-refractivity contribution in [3.63, 3.8) is 0 Å². The lowest BCUT2D eigenvalue weighted by Crippen LogP contribution is -2.56. The van der Waals surface area contributed by atoms with Crippen LogP contribution in [0.3, 0.4) is 0 Å². The quantitative estimate of drug-likeness (QED) is 0.870. The van der Waals surface area contributed by atoms with E-state index in [-0.39, 0.29) is 0 Å². The second-order valence-corrected chi connectivity index (χ2v) is 4.61. The highest BCUT2D eigenvalue weighted by molar-refractivity contribution is 5.53. The molecule has 1 aliphatic rings. The minimum Gasteiger partial charge on any atom is -0.348 e. The number of hydrogen-bond acceptors (Lipinski definition) is 5. The topological polar surface area (TPSA) is 64.8 Å². The standard InChI is InChI=1S/C13H19N5/c1-3-11-9-18(12(4-2)8-15-11)13-10(7-14)5-6-16-17-13/h5-6,11-12,15H,3-4,8-9H2,1-2H3. The normalized spacial score (nSPS) is 23.7. The van der Waals surface area contributed by atoms with Gasteiger partial charge in [0, 0.05) is 25.2 Å². The zero-order chi connectivity index (χ0) is 13.0. The lowest BCUT2D eigenvalue weighted by atomic mass is 10.0. The van der Waals surface area contributed by atoms with Crippen LogP contribution >= 0.6 is 0 Å².